The molecule has 0 amide bonds. The molecule has 0 aliphatic carbocycles. The third-order valence-electron chi connectivity index (χ3n) is 2.89. The van der Waals surface area contributed by atoms with Crippen LogP contribution in [0.25, 0.3) is 22.8 Å². The molecule has 1 N–H and O–H groups in total. The zero-order valence-corrected chi connectivity index (χ0v) is 11.4. The largest absolute Gasteiger partial charge is 0.573 e. The van der Waals surface area contributed by atoms with Gasteiger partial charge in [0.05, 0.1) is 0 Å². The average molecular weight is 322 g/mol. The monoisotopic (exact) mass is 322 g/mol. The van der Waals surface area contributed by atoms with Crippen LogP contribution in [-0.4, -0.2) is 21.6 Å². The number of aromatic nitrogens is 2. The highest BCUT2D eigenvalue weighted by atomic mass is 19.4. The van der Waals surface area contributed by atoms with Crippen molar-refractivity contribution in [2.24, 2.45) is 0 Å². The molecule has 0 unspecified atom stereocenters. The summed E-state index contributed by atoms with van der Waals surface area (Å²) in [7, 11) is 0. The molecule has 1 heterocycles. The van der Waals surface area contributed by atoms with Crippen LogP contribution in [0.5, 0.6) is 11.5 Å². The quantitative estimate of drug-likeness (QED) is 0.789. The fourth-order valence-corrected chi connectivity index (χ4v) is 1.87. The predicted octanol–water partition coefficient (Wildman–Crippen LogP) is 4.01. The van der Waals surface area contributed by atoms with Crippen LogP contribution in [0.4, 0.5) is 13.2 Å². The van der Waals surface area contributed by atoms with Gasteiger partial charge in [0.25, 0.3) is 5.89 Å². The Morgan fingerprint density at radius 2 is 1.52 bits per heavy atom. The zero-order valence-electron chi connectivity index (χ0n) is 11.4. The van der Waals surface area contributed by atoms with Crippen LogP contribution >= 0.6 is 0 Å². The molecular weight excluding hydrogens is 313 g/mol. The van der Waals surface area contributed by atoms with Crippen LogP contribution in [0.3, 0.4) is 0 Å². The van der Waals surface area contributed by atoms with Gasteiger partial charge in [0, 0.05) is 11.1 Å². The van der Waals surface area contributed by atoms with Gasteiger partial charge in [-0.2, -0.15) is 4.98 Å². The van der Waals surface area contributed by atoms with E-state index in [0.717, 1.165) is 0 Å². The number of nitrogens with zero attached hydrogens (tertiary/aromatic N) is 2. The Kier molecular flexibility index (Phi) is 3.65. The smallest absolute Gasteiger partial charge is 0.508 e. The summed E-state index contributed by atoms with van der Waals surface area (Å²) >= 11 is 0. The van der Waals surface area contributed by atoms with Crippen molar-refractivity contribution >= 4 is 0 Å². The molecule has 0 radical (unpaired) electrons. The highest BCUT2D eigenvalue weighted by Crippen LogP contribution is 2.27. The maximum atomic E-state index is 12.1. The van der Waals surface area contributed by atoms with Crippen molar-refractivity contribution in [2.45, 2.75) is 6.36 Å². The summed E-state index contributed by atoms with van der Waals surface area (Å²) in [4.78, 5) is 4.16. The fraction of sp³-hybridized carbons (Fsp3) is 0.0667. The van der Waals surface area contributed by atoms with E-state index >= 15 is 0 Å². The van der Waals surface area contributed by atoms with Crippen LogP contribution in [-0.2, 0) is 0 Å². The first-order valence-electron chi connectivity index (χ1n) is 6.40. The lowest BCUT2D eigenvalue weighted by molar-refractivity contribution is -0.274. The first-order chi connectivity index (χ1) is 10.9. The summed E-state index contributed by atoms with van der Waals surface area (Å²) in [5.74, 6) is 0.236. The molecule has 0 spiro atoms. The molecule has 8 heteroatoms. The summed E-state index contributed by atoms with van der Waals surface area (Å²) in [6.45, 7) is 0. The first-order valence-corrected chi connectivity index (χ1v) is 6.40. The van der Waals surface area contributed by atoms with Gasteiger partial charge >= 0.3 is 6.36 Å². The van der Waals surface area contributed by atoms with Gasteiger partial charge in [-0.25, -0.2) is 0 Å². The van der Waals surface area contributed by atoms with Gasteiger partial charge in [-0.1, -0.05) is 5.16 Å². The molecule has 23 heavy (non-hydrogen) atoms. The number of aromatic hydroxyl groups is 1. The first kappa shape index (κ1) is 14.9. The molecule has 1 aromatic heterocycles. The van der Waals surface area contributed by atoms with Crippen LogP contribution in [0.15, 0.2) is 53.1 Å². The molecule has 0 atom stereocenters. The molecular formula is C15H9F3N2O3. The topological polar surface area (TPSA) is 68.4 Å². The minimum atomic E-state index is -4.74. The summed E-state index contributed by atoms with van der Waals surface area (Å²) in [6.07, 6.45) is -4.74. The number of ether oxygens (including phenoxy) is 1. The lowest BCUT2D eigenvalue weighted by Gasteiger charge is -2.08. The minimum Gasteiger partial charge on any atom is -0.508 e. The number of phenols is 1. The van der Waals surface area contributed by atoms with E-state index in [1.54, 1.807) is 12.1 Å². The van der Waals surface area contributed by atoms with Crippen LogP contribution in [0.1, 0.15) is 0 Å². The number of halogens is 3. The van der Waals surface area contributed by atoms with Gasteiger partial charge in [0.2, 0.25) is 5.82 Å². The van der Waals surface area contributed by atoms with Crippen LogP contribution < -0.4 is 4.74 Å². The van der Waals surface area contributed by atoms with Crippen LogP contribution in [0, 0.1) is 0 Å². The Labute approximate surface area is 127 Å². The van der Waals surface area contributed by atoms with E-state index in [1.807, 2.05) is 0 Å². The second-order valence-electron chi connectivity index (χ2n) is 4.54. The minimum absolute atomic E-state index is 0.105. The maximum absolute atomic E-state index is 12.1. The van der Waals surface area contributed by atoms with E-state index in [-0.39, 0.29) is 23.2 Å². The van der Waals surface area contributed by atoms with E-state index in [1.165, 1.54) is 36.4 Å². The molecule has 118 valence electrons. The van der Waals surface area contributed by atoms with E-state index in [9.17, 15) is 18.3 Å². The van der Waals surface area contributed by atoms with Crippen molar-refractivity contribution in [3.63, 3.8) is 0 Å². The summed E-state index contributed by atoms with van der Waals surface area (Å²) in [5.41, 5.74) is 1.09. The highest BCUT2D eigenvalue weighted by molar-refractivity contribution is 5.60. The molecule has 0 fully saturated rings. The van der Waals surface area contributed by atoms with Crippen LogP contribution in [0.2, 0.25) is 0 Å². The fourth-order valence-electron chi connectivity index (χ4n) is 1.87. The van der Waals surface area contributed by atoms with E-state index in [4.69, 9.17) is 4.52 Å². The van der Waals surface area contributed by atoms with Gasteiger partial charge in [0.15, 0.2) is 0 Å². The zero-order chi connectivity index (χ0) is 16.4. The standard InChI is InChI=1S/C15H9F3N2O3/c16-15(17,18)22-12-7-3-9(4-8-12)13-19-14(23-20-13)10-1-5-11(21)6-2-10/h1-8,21H. The lowest BCUT2D eigenvalue weighted by atomic mass is 10.2. The van der Waals surface area contributed by atoms with E-state index < -0.39 is 6.36 Å². The van der Waals surface area contributed by atoms with Crippen molar-refractivity contribution in [3.05, 3.63) is 48.5 Å². The lowest BCUT2D eigenvalue weighted by Crippen LogP contribution is -2.16. The average Bonchev–Trinajstić information content (AvgIpc) is 2.97. The Hall–Kier alpha value is -3.03. The van der Waals surface area contributed by atoms with Gasteiger partial charge in [-0.15, -0.1) is 13.2 Å². The van der Waals surface area contributed by atoms with Crippen molar-refractivity contribution in [1.82, 2.24) is 10.1 Å². The van der Waals surface area contributed by atoms with Gasteiger partial charge in [0.1, 0.15) is 11.5 Å². The summed E-state index contributed by atoms with van der Waals surface area (Å²) < 4.78 is 45.2. The number of rotatable bonds is 3. The van der Waals surface area contributed by atoms with Gasteiger partial charge < -0.3 is 14.4 Å². The van der Waals surface area contributed by atoms with E-state index in [2.05, 4.69) is 14.9 Å². The third-order valence-corrected chi connectivity index (χ3v) is 2.89. The number of benzene rings is 2. The summed E-state index contributed by atoms with van der Waals surface area (Å²) in [6, 6.07) is 11.3. The Morgan fingerprint density at radius 1 is 0.913 bits per heavy atom. The molecule has 5 nitrogen and oxygen atoms in total. The number of hydrogen-bond donors (Lipinski definition) is 1. The highest BCUT2D eigenvalue weighted by Gasteiger charge is 2.31. The SMILES string of the molecule is Oc1ccc(-c2nc(-c3ccc(OC(F)(F)F)cc3)no2)cc1. The molecule has 0 aliphatic rings. The Bertz CT molecular complexity index is 796. The van der Waals surface area contributed by atoms with E-state index in [0.29, 0.717) is 11.1 Å². The molecule has 3 rings (SSSR count). The summed E-state index contributed by atoms with van der Waals surface area (Å²) in [5, 5.41) is 13.0. The number of alkyl halides is 3. The molecule has 0 aliphatic heterocycles. The maximum Gasteiger partial charge on any atom is 0.573 e. The Morgan fingerprint density at radius 3 is 2.13 bits per heavy atom. The molecule has 0 saturated heterocycles. The van der Waals surface area contributed by atoms with Gasteiger partial charge in [-0.3, -0.25) is 0 Å². The number of phenolic OH excluding ortho intramolecular Hbond substituents is 1. The van der Waals surface area contributed by atoms with Crippen molar-refractivity contribution in [2.75, 3.05) is 0 Å². The van der Waals surface area contributed by atoms with Crippen molar-refractivity contribution in [3.8, 4) is 34.3 Å². The molecule has 0 saturated carbocycles. The Balaban J connectivity index is 1.81. The third kappa shape index (κ3) is 3.60. The van der Waals surface area contributed by atoms with Gasteiger partial charge in [-0.05, 0) is 48.5 Å². The molecule has 3 aromatic rings. The predicted molar refractivity (Wildman–Crippen MR) is 73.5 cm³/mol. The van der Waals surface area contributed by atoms with Crippen molar-refractivity contribution in [1.29, 1.82) is 0 Å². The normalized spacial score (nSPS) is 11.4. The second kappa shape index (κ2) is 5.64. The number of hydrogen-bond acceptors (Lipinski definition) is 5. The van der Waals surface area contributed by atoms with Crippen molar-refractivity contribution < 1.29 is 27.5 Å². The molecule has 0 bridgehead atoms. The second-order valence-corrected chi connectivity index (χ2v) is 4.54. The molecule has 2 aromatic carbocycles.